The van der Waals surface area contributed by atoms with Gasteiger partial charge in [-0.25, -0.2) is 9.79 Å². The molecule has 0 bridgehead atoms. The summed E-state index contributed by atoms with van der Waals surface area (Å²) in [6, 6.07) is 13.7. The number of amidine groups is 1. The van der Waals surface area contributed by atoms with Gasteiger partial charge in [0, 0.05) is 12.1 Å². The molecule has 0 aromatic heterocycles. The van der Waals surface area contributed by atoms with Gasteiger partial charge in [-0.2, -0.15) is 0 Å². The fourth-order valence-electron chi connectivity index (χ4n) is 2.64. The number of phenolic OH excluding ortho intramolecular Hbond substituents is 1. The quantitative estimate of drug-likeness (QED) is 0.861. The monoisotopic (exact) mass is 354 g/mol. The van der Waals surface area contributed by atoms with E-state index in [-0.39, 0.29) is 11.3 Å². The second-order valence-electron chi connectivity index (χ2n) is 5.49. The van der Waals surface area contributed by atoms with Crippen molar-refractivity contribution in [3.05, 3.63) is 65.1 Å². The van der Waals surface area contributed by atoms with E-state index < -0.39 is 5.97 Å². The zero-order valence-corrected chi connectivity index (χ0v) is 14.5. The fraction of sp³-hybridized carbons (Fsp3) is 0.158. The van der Waals surface area contributed by atoms with Crippen molar-refractivity contribution in [3.63, 3.8) is 0 Å². The lowest BCUT2D eigenvalue weighted by atomic mass is 10.1. The minimum atomic E-state index is -0.947. The van der Waals surface area contributed by atoms with Gasteiger partial charge in [-0.05, 0) is 48.7 Å². The van der Waals surface area contributed by atoms with Crippen LogP contribution in [0.25, 0.3) is 5.70 Å². The number of thioether (sulfide) groups is 1. The Balaban J connectivity index is 1.91. The number of hydrogen-bond acceptors (Lipinski definition) is 4. The van der Waals surface area contributed by atoms with Gasteiger partial charge in [0.25, 0.3) is 0 Å². The Labute approximate surface area is 150 Å². The van der Waals surface area contributed by atoms with Gasteiger partial charge >= 0.3 is 5.97 Å². The topological polar surface area (TPSA) is 73.1 Å². The number of carbonyl (C=O) groups is 1. The summed E-state index contributed by atoms with van der Waals surface area (Å²) in [6.07, 6.45) is 0. The number of aliphatic imine (C=N–C) groups is 1. The van der Waals surface area contributed by atoms with E-state index in [1.807, 2.05) is 12.1 Å². The molecule has 3 rings (SSSR count). The van der Waals surface area contributed by atoms with Gasteiger partial charge in [0.05, 0.1) is 22.7 Å². The predicted octanol–water partition coefficient (Wildman–Crippen LogP) is 4.19. The van der Waals surface area contributed by atoms with Crippen LogP contribution in [0.5, 0.6) is 5.75 Å². The predicted molar refractivity (Wildman–Crippen MR) is 101 cm³/mol. The van der Waals surface area contributed by atoms with Gasteiger partial charge in [-0.15, -0.1) is 11.8 Å². The van der Waals surface area contributed by atoms with Crippen LogP contribution in [0.15, 0.2) is 58.9 Å². The summed E-state index contributed by atoms with van der Waals surface area (Å²) >= 11 is 1.65. The Morgan fingerprint density at radius 2 is 2.00 bits per heavy atom. The highest BCUT2D eigenvalue weighted by Gasteiger charge is 2.20. The van der Waals surface area contributed by atoms with E-state index in [2.05, 4.69) is 17.2 Å². The molecule has 0 saturated carbocycles. The Hall–Kier alpha value is -2.73. The lowest BCUT2D eigenvalue weighted by Crippen LogP contribution is -2.33. The third kappa shape index (κ3) is 3.85. The highest BCUT2D eigenvalue weighted by atomic mass is 32.2. The van der Waals surface area contributed by atoms with Gasteiger partial charge < -0.3 is 15.1 Å². The number of rotatable bonds is 4. The van der Waals surface area contributed by atoms with E-state index >= 15 is 0 Å². The molecule has 1 aliphatic rings. The molecular weight excluding hydrogens is 336 g/mol. The van der Waals surface area contributed by atoms with E-state index in [0.717, 1.165) is 35.1 Å². The van der Waals surface area contributed by atoms with Crippen LogP contribution in [-0.4, -0.2) is 39.2 Å². The minimum absolute atomic E-state index is 0.229. The largest absolute Gasteiger partial charge is 0.508 e. The lowest BCUT2D eigenvalue weighted by molar-refractivity contribution is 0.0697. The Kier molecular flexibility index (Phi) is 5.09. The van der Waals surface area contributed by atoms with Crippen molar-refractivity contribution in [1.82, 2.24) is 4.90 Å². The third-order valence-corrected chi connectivity index (χ3v) is 4.66. The maximum Gasteiger partial charge on any atom is 0.335 e. The number of carboxylic acid groups (broad SMARTS) is 1. The van der Waals surface area contributed by atoms with E-state index in [1.54, 1.807) is 48.2 Å². The van der Waals surface area contributed by atoms with Gasteiger partial charge in [0.2, 0.25) is 0 Å². The molecule has 0 spiro atoms. The summed E-state index contributed by atoms with van der Waals surface area (Å²) in [5.74, 6) is 0.914. The zero-order valence-electron chi connectivity index (χ0n) is 13.7. The second kappa shape index (κ2) is 7.44. The van der Waals surface area contributed by atoms with Crippen LogP contribution in [-0.2, 0) is 0 Å². The van der Waals surface area contributed by atoms with Crippen LogP contribution >= 0.6 is 11.8 Å². The number of benzene rings is 2. The van der Waals surface area contributed by atoms with Crippen molar-refractivity contribution in [3.8, 4) is 5.75 Å². The smallest absolute Gasteiger partial charge is 0.335 e. The molecule has 0 aliphatic carbocycles. The average molecular weight is 354 g/mol. The van der Waals surface area contributed by atoms with Crippen molar-refractivity contribution in [2.24, 2.45) is 4.99 Å². The van der Waals surface area contributed by atoms with E-state index in [1.165, 1.54) is 0 Å². The molecule has 0 radical (unpaired) electrons. The molecule has 2 aromatic rings. The SMILES string of the molecule is CCN1C(c2cccc(O)c2)=CSCC1=Nc1ccc(C(=O)O)cc1. The Bertz CT molecular complexity index is 844. The number of hydrogen-bond donors (Lipinski definition) is 2. The average Bonchev–Trinajstić information content (AvgIpc) is 2.62. The van der Waals surface area contributed by atoms with Gasteiger partial charge in [-0.1, -0.05) is 12.1 Å². The van der Waals surface area contributed by atoms with E-state index in [9.17, 15) is 9.90 Å². The summed E-state index contributed by atoms with van der Waals surface area (Å²) in [5.41, 5.74) is 2.89. The van der Waals surface area contributed by atoms with Crippen LogP contribution < -0.4 is 0 Å². The minimum Gasteiger partial charge on any atom is -0.508 e. The molecule has 25 heavy (non-hydrogen) atoms. The number of aromatic carboxylic acids is 1. The van der Waals surface area contributed by atoms with Crippen LogP contribution in [0.3, 0.4) is 0 Å². The second-order valence-corrected chi connectivity index (χ2v) is 6.35. The Morgan fingerprint density at radius 1 is 1.24 bits per heavy atom. The molecule has 5 nitrogen and oxygen atoms in total. The summed E-state index contributed by atoms with van der Waals surface area (Å²) in [5, 5.41) is 20.8. The summed E-state index contributed by atoms with van der Waals surface area (Å²) in [4.78, 5) is 17.8. The first-order valence-corrected chi connectivity index (χ1v) is 8.93. The maximum atomic E-state index is 11.0. The maximum absolute atomic E-state index is 11.0. The molecule has 2 aromatic carbocycles. The summed E-state index contributed by atoms with van der Waals surface area (Å²) < 4.78 is 0. The van der Waals surface area contributed by atoms with Crippen LogP contribution in [0.2, 0.25) is 0 Å². The molecule has 0 amide bonds. The van der Waals surface area contributed by atoms with Gasteiger partial charge in [0.15, 0.2) is 0 Å². The Morgan fingerprint density at radius 3 is 2.64 bits per heavy atom. The normalized spacial score (nSPS) is 16.0. The first-order valence-electron chi connectivity index (χ1n) is 7.88. The molecule has 1 heterocycles. The number of carboxylic acids is 1. The third-order valence-electron chi connectivity index (χ3n) is 3.84. The van der Waals surface area contributed by atoms with Crippen molar-refractivity contribution >= 4 is 35.0 Å². The number of aromatic hydroxyl groups is 1. The molecule has 0 unspecified atom stereocenters. The molecule has 2 N–H and O–H groups in total. The number of nitrogens with zero attached hydrogens (tertiary/aromatic N) is 2. The fourth-order valence-corrected chi connectivity index (χ4v) is 3.51. The molecule has 0 saturated heterocycles. The van der Waals surface area contributed by atoms with Crippen molar-refractivity contribution in [2.45, 2.75) is 6.92 Å². The van der Waals surface area contributed by atoms with Crippen molar-refractivity contribution in [1.29, 1.82) is 0 Å². The first kappa shape index (κ1) is 17.1. The van der Waals surface area contributed by atoms with Crippen molar-refractivity contribution < 1.29 is 15.0 Å². The molecule has 1 aliphatic heterocycles. The lowest BCUT2D eigenvalue weighted by Gasteiger charge is -2.30. The van der Waals surface area contributed by atoms with Crippen LogP contribution in [0, 0.1) is 0 Å². The molecule has 6 heteroatoms. The van der Waals surface area contributed by atoms with Crippen LogP contribution in [0.4, 0.5) is 5.69 Å². The number of phenols is 1. The molecule has 128 valence electrons. The first-order chi connectivity index (χ1) is 12.1. The summed E-state index contributed by atoms with van der Waals surface area (Å²) in [7, 11) is 0. The highest BCUT2D eigenvalue weighted by Crippen LogP contribution is 2.31. The van der Waals surface area contributed by atoms with Gasteiger partial charge in [0.1, 0.15) is 11.6 Å². The molecular formula is C19H18N2O3S. The van der Waals surface area contributed by atoms with Crippen LogP contribution in [0.1, 0.15) is 22.8 Å². The van der Waals surface area contributed by atoms with E-state index in [0.29, 0.717) is 0 Å². The summed E-state index contributed by atoms with van der Waals surface area (Å²) in [6.45, 7) is 2.80. The van der Waals surface area contributed by atoms with Gasteiger partial charge in [-0.3, -0.25) is 0 Å². The molecule has 0 fully saturated rings. The standard InChI is InChI=1S/C19H18N2O3S/c1-2-21-17(14-4-3-5-16(22)10-14)11-25-12-18(21)20-15-8-6-13(7-9-15)19(23)24/h3-11,22H,2,12H2,1H3,(H,23,24). The zero-order chi connectivity index (χ0) is 17.8. The van der Waals surface area contributed by atoms with E-state index in [4.69, 9.17) is 10.1 Å². The highest BCUT2D eigenvalue weighted by molar-refractivity contribution is 8.03. The molecule has 0 atom stereocenters. The van der Waals surface area contributed by atoms with Crippen molar-refractivity contribution in [2.75, 3.05) is 12.3 Å².